The third kappa shape index (κ3) is 5.41. The van der Waals surface area contributed by atoms with Gasteiger partial charge in [0.2, 0.25) is 0 Å². The number of rotatable bonds is 5. The van der Waals surface area contributed by atoms with Crippen LogP contribution in [-0.4, -0.2) is 70.9 Å². The van der Waals surface area contributed by atoms with E-state index in [1.165, 1.54) is 0 Å². The van der Waals surface area contributed by atoms with Gasteiger partial charge in [-0.15, -0.1) is 0 Å². The summed E-state index contributed by atoms with van der Waals surface area (Å²) in [6.45, 7) is 9.12. The molecule has 0 saturated carbocycles. The molecule has 2 fully saturated rings. The lowest BCUT2D eigenvalue weighted by Gasteiger charge is -2.40. The maximum absolute atomic E-state index is 13.5. The van der Waals surface area contributed by atoms with Crippen LogP contribution in [0, 0.1) is 13.8 Å². The van der Waals surface area contributed by atoms with Crippen LogP contribution in [0.15, 0.2) is 48.5 Å². The van der Waals surface area contributed by atoms with Crippen molar-refractivity contribution in [3.05, 3.63) is 81.6 Å². The normalized spacial score (nSPS) is 17.7. The zero-order chi connectivity index (χ0) is 25.1. The first kappa shape index (κ1) is 24.8. The van der Waals surface area contributed by atoms with Crippen LogP contribution in [0.3, 0.4) is 0 Å². The van der Waals surface area contributed by atoms with Gasteiger partial charge in [0, 0.05) is 37.2 Å². The Bertz CT molecular complexity index is 1240. The van der Waals surface area contributed by atoms with E-state index in [1.807, 2.05) is 59.8 Å². The smallest absolute Gasteiger partial charge is 0.257 e. The van der Waals surface area contributed by atoms with Crippen molar-refractivity contribution in [1.29, 1.82) is 0 Å². The Kier molecular flexibility index (Phi) is 7.56. The number of aromatic nitrogens is 2. The van der Waals surface area contributed by atoms with E-state index in [0.717, 1.165) is 91.0 Å². The summed E-state index contributed by atoms with van der Waals surface area (Å²) < 4.78 is 7.39. The summed E-state index contributed by atoms with van der Waals surface area (Å²) in [6.07, 6.45) is 6.16. The van der Waals surface area contributed by atoms with Crippen molar-refractivity contribution in [3.8, 4) is 5.69 Å². The predicted octanol–water partition coefficient (Wildman–Crippen LogP) is 5.25. The number of piperidine rings is 1. The lowest BCUT2D eigenvalue weighted by molar-refractivity contribution is 0.00157. The zero-order valence-electron chi connectivity index (χ0n) is 21.0. The van der Waals surface area contributed by atoms with Gasteiger partial charge in [-0.2, -0.15) is 5.10 Å². The Morgan fingerprint density at radius 2 is 1.67 bits per heavy atom. The third-order valence-electron chi connectivity index (χ3n) is 7.27. The molecule has 7 heteroatoms. The van der Waals surface area contributed by atoms with Crippen molar-refractivity contribution in [1.82, 2.24) is 19.6 Å². The Hall–Kier alpha value is -2.93. The Balaban J connectivity index is 1.30. The van der Waals surface area contributed by atoms with Gasteiger partial charge in [-0.25, -0.2) is 4.68 Å². The number of morpholine rings is 1. The van der Waals surface area contributed by atoms with Crippen LogP contribution in [0.4, 0.5) is 0 Å². The molecule has 3 aromatic rings. The highest BCUT2D eigenvalue weighted by Crippen LogP contribution is 2.24. The van der Waals surface area contributed by atoms with E-state index < -0.39 is 0 Å². The lowest BCUT2D eigenvalue weighted by atomic mass is 10.0. The fourth-order valence-corrected chi connectivity index (χ4v) is 5.39. The molecule has 36 heavy (non-hydrogen) atoms. The second kappa shape index (κ2) is 11.0. The van der Waals surface area contributed by atoms with E-state index >= 15 is 0 Å². The number of carbonyl (C=O) groups is 1. The summed E-state index contributed by atoms with van der Waals surface area (Å²) in [6, 6.07) is 16.5. The van der Waals surface area contributed by atoms with Crippen molar-refractivity contribution in [2.24, 2.45) is 0 Å². The molecule has 0 spiro atoms. The molecule has 0 unspecified atom stereocenters. The standard InChI is InChI=1S/C29H33ClN4O2/c1-21-28(29(35)33-14-12-26(13-15-33)32-16-18-36-19-17-32)22(2)34(31-21)27-5-3-4-24(20-27)7-6-23-8-10-25(30)11-9-23/h3-11,20,26H,12-19H2,1-2H3. The monoisotopic (exact) mass is 504 g/mol. The third-order valence-corrected chi connectivity index (χ3v) is 7.52. The summed E-state index contributed by atoms with van der Waals surface area (Å²) in [5.74, 6) is 0.0930. The highest BCUT2D eigenvalue weighted by Gasteiger charge is 2.30. The van der Waals surface area contributed by atoms with E-state index in [0.29, 0.717) is 6.04 Å². The fraction of sp³-hybridized carbons (Fsp3) is 0.379. The first-order valence-electron chi connectivity index (χ1n) is 12.7. The molecule has 2 aromatic carbocycles. The quantitative estimate of drug-likeness (QED) is 0.445. The Labute approximate surface area is 218 Å². The van der Waals surface area contributed by atoms with Crippen LogP contribution in [0.25, 0.3) is 17.8 Å². The van der Waals surface area contributed by atoms with Crippen molar-refractivity contribution in [3.63, 3.8) is 0 Å². The molecule has 188 valence electrons. The first-order valence-corrected chi connectivity index (χ1v) is 13.1. The molecular formula is C29H33ClN4O2. The SMILES string of the molecule is Cc1nn(-c2cccc(C=Cc3ccc(Cl)cc3)c2)c(C)c1C(=O)N1CCC(N2CCOCC2)CC1. The van der Waals surface area contributed by atoms with E-state index in [1.54, 1.807) is 0 Å². The number of halogens is 1. The average molecular weight is 505 g/mol. The van der Waals surface area contributed by atoms with Gasteiger partial charge in [-0.05, 0) is 62.1 Å². The van der Waals surface area contributed by atoms with Crippen LogP contribution in [0.5, 0.6) is 0 Å². The number of benzene rings is 2. The zero-order valence-corrected chi connectivity index (χ0v) is 21.7. The maximum Gasteiger partial charge on any atom is 0.257 e. The molecule has 0 N–H and O–H groups in total. The average Bonchev–Trinajstić information content (AvgIpc) is 3.22. The highest BCUT2D eigenvalue weighted by molar-refractivity contribution is 6.30. The van der Waals surface area contributed by atoms with Gasteiger partial charge in [0.1, 0.15) is 0 Å². The largest absolute Gasteiger partial charge is 0.379 e. The number of amides is 1. The number of nitrogens with zero attached hydrogens (tertiary/aromatic N) is 4. The van der Waals surface area contributed by atoms with Gasteiger partial charge in [0.05, 0.1) is 35.9 Å². The lowest BCUT2D eigenvalue weighted by Crippen LogP contribution is -2.50. The molecule has 0 aliphatic carbocycles. The minimum Gasteiger partial charge on any atom is -0.379 e. The number of hydrogen-bond acceptors (Lipinski definition) is 4. The minimum atomic E-state index is 0.0930. The van der Waals surface area contributed by atoms with E-state index in [2.05, 4.69) is 29.2 Å². The van der Waals surface area contributed by atoms with Gasteiger partial charge in [-0.1, -0.05) is 48.0 Å². The fourth-order valence-electron chi connectivity index (χ4n) is 5.26. The number of aryl methyl sites for hydroxylation is 1. The number of likely N-dealkylation sites (tertiary alicyclic amines) is 1. The van der Waals surface area contributed by atoms with Gasteiger partial charge in [0.25, 0.3) is 5.91 Å². The van der Waals surface area contributed by atoms with E-state index in [-0.39, 0.29) is 5.91 Å². The molecule has 5 rings (SSSR count). The molecule has 0 bridgehead atoms. The van der Waals surface area contributed by atoms with Gasteiger partial charge in [0.15, 0.2) is 0 Å². The molecule has 1 amide bonds. The summed E-state index contributed by atoms with van der Waals surface area (Å²) in [5, 5.41) is 5.49. The number of hydrogen-bond donors (Lipinski definition) is 0. The van der Waals surface area contributed by atoms with Crippen molar-refractivity contribution >= 4 is 29.7 Å². The van der Waals surface area contributed by atoms with Crippen LogP contribution in [0.2, 0.25) is 5.02 Å². The molecule has 0 atom stereocenters. The summed E-state index contributed by atoms with van der Waals surface area (Å²) >= 11 is 5.99. The van der Waals surface area contributed by atoms with Gasteiger partial charge < -0.3 is 9.64 Å². The van der Waals surface area contributed by atoms with Crippen molar-refractivity contribution in [2.75, 3.05) is 39.4 Å². The van der Waals surface area contributed by atoms with Crippen molar-refractivity contribution < 1.29 is 9.53 Å². The topological polar surface area (TPSA) is 50.6 Å². The molecule has 2 aliphatic heterocycles. The first-order chi connectivity index (χ1) is 17.5. The summed E-state index contributed by atoms with van der Waals surface area (Å²) in [4.78, 5) is 18.1. The highest BCUT2D eigenvalue weighted by atomic mass is 35.5. The number of carbonyl (C=O) groups excluding carboxylic acids is 1. The second-order valence-corrected chi connectivity index (χ2v) is 10.0. The summed E-state index contributed by atoms with van der Waals surface area (Å²) in [5.41, 5.74) is 5.47. The van der Waals surface area contributed by atoms with E-state index in [9.17, 15) is 4.79 Å². The molecular weight excluding hydrogens is 472 g/mol. The van der Waals surface area contributed by atoms with Crippen LogP contribution in [0.1, 0.15) is 45.7 Å². The van der Waals surface area contributed by atoms with Crippen molar-refractivity contribution in [2.45, 2.75) is 32.7 Å². The Morgan fingerprint density at radius 1 is 0.972 bits per heavy atom. The summed E-state index contributed by atoms with van der Waals surface area (Å²) in [7, 11) is 0. The molecule has 3 heterocycles. The van der Waals surface area contributed by atoms with E-state index in [4.69, 9.17) is 21.4 Å². The molecule has 6 nitrogen and oxygen atoms in total. The molecule has 0 radical (unpaired) electrons. The predicted molar refractivity (Wildman–Crippen MR) is 145 cm³/mol. The molecule has 2 aliphatic rings. The second-order valence-electron chi connectivity index (χ2n) is 9.61. The van der Waals surface area contributed by atoms with Gasteiger partial charge in [-0.3, -0.25) is 9.69 Å². The van der Waals surface area contributed by atoms with Crippen LogP contribution >= 0.6 is 11.6 Å². The Morgan fingerprint density at radius 3 is 2.39 bits per heavy atom. The molecule has 2 saturated heterocycles. The van der Waals surface area contributed by atoms with Gasteiger partial charge >= 0.3 is 0 Å². The number of ether oxygens (including phenoxy) is 1. The van der Waals surface area contributed by atoms with Crippen LogP contribution in [-0.2, 0) is 4.74 Å². The van der Waals surface area contributed by atoms with Crippen LogP contribution < -0.4 is 0 Å². The maximum atomic E-state index is 13.5. The minimum absolute atomic E-state index is 0.0930. The molecule has 1 aromatic heterocycles.